The molecule has 216 valence electrons. The van der Waals surface area contributed by atoms with Crippen LogP contribution in [0.3, 0.4) is 0 Å². The molecule has 9 heteroatoms. The highest BCUT2D eigenvalue weighted by Gasteiger charge is 2.72. The van der Waals surface area contributed by atoms with E-state index in [1.807, 2.05) is 48.5 Å². The molecule has 1 saturated heterocycles. The molecule has 3 aromatic rings. The Morgan fingerprint density at radius 1 is 0.786 bits per heavy atom. The first-order valence-electron chi connectivity index (χ1n) is 14.0. The van der Waals surface area contributed by atoms with Gasteiger partial charge in [0, 0.05) is 23.6 Å². The highest BCUT2D eigenvalue weighted by atomic mass is 35.5. The van der Waals surface area contributed by atoms with Gasteiger partial charge < -0.3 is 4.74 Å². The van der Waals surface area contributed by atoms with E-state index in [1.54, 1.807) is 24.3 Å². The van der Waals surface area contributed by atoms with Crippen LogP contribution < -0.4 is 0 Å². The van der Waals surface area contributed by atoms with Crippen LogP contribution in [0.25, 0.3) is 0 Å². The molecule has 3 aromatic carbocycles. The summed E-state index contributed by atoms with van der Waals surface area (Å²) >= 11 is 20.7. The number of carbonyl (C=O) groups excluding carboxylic acids is 4. The first-order chi connectivity index (χ1) is 20.1. The highest BCUT2D eigenvalue weighted by Crippen LogP contribution is 2.69. The molecule has 0 N–H and O–H groups in total. The summed E-state index contributed by atoms with van der Waals surface area (Å²) in [6.45, 7) is 1.74. The second-order valence-corrected chi connectivity index (χ2v) is 12.7. The van der Waals surface area contributed by atoms with Gasteiger partial charge in [-0.25, -0.2) is 0 Å². The van der Waals surface area contributed by atoms with Gasteiger partial charge in [-0.1, -0.05) is 66.6 Å². The largest absolute Gasteiger partial charge is 0.454 e. The van der Waals surface area contributed by atoms with Gasteiger partial charge in [0.2, 0.25) is 17.6 Å². The molecule has 42 heavy (non-hydrogen) atoms. The van der Waals surface area contributed by atoms with Crippen LogP contribution in [0.5, 0.6) is 0 Å². The number of nitrogens with zero attached hydrogens (tertiary/aromatic N) is 1. The summed E-state index contributed by atoms with van der Waals surface area (Å²) in [5.74, 6) is -3.05. The summed E-state index contributed by atoms with van der Waals surface area (Å²) in [6, 6.07) is 21.5. The minimum atomic E-state index is -1.19. The normalized spacial score (nSPS) is 26.0. The number of imide groups is 1. The van der Waals surface area contributed by atoms with Crippen molar-refractivity contribution in [3.05, 3.63) is 106 Å². The van der Waals surface area contributed by atoms with Crippen molar-refractivity contribution in [2.24, 2.45) is 11.8 Å². The number of hydrogen-bond acceptors (Lipinski definition) is 5. The molecule has 3 aliphatic carbocycles. The molecule has 0 unspecified atom stereocenters. The van der Waals surface area contributed by atoms with Gasteiger partial charge >= 0.3 is 5.97 Å². The van der Waals surface area contributed by atoms with Crippen molar-refractivity contribution >= 4 is 58.4 Å². The van der Waals surface area contributed by atoms with E-state index < -0.39 is 33.7 Å². The third-order valence-corrected chi connectivity index (χ3v) is 10.3. The predicted octanol–water partition coefficient (Wildman–Crippen LogP) is 6.61. The van der Waals surface area contributed by atoms with Crippen molar-refractivity contribution in [3.63, 3.8) is 0 Å². The van der Waals surface area contributed by atoms with E-state index in [9.17, 15) is 19.2 Å². The summed E-state index contributed by atoms with van der Waals surface area (Å²) in [5.41, 5.74) is 3.50. The van der Waals surface area contributed by atoms with E-state index in [2.05, 4.69) is 0 Å². The van der Waals surface area contributed by atoms with Crippen molar-refractivity contribution in [2.45, 2.75) is 48.5 Å². The number of ketones is 1. The van der Waals surface area contributed by atoms with Crippen LogP contribution in [0.15, 0.2) is 72.8 Å². The van der Waals surface area contributed by atoms with Gasteiger partial charge in [0.15, 0.2) is 6.10 Å². The SMILES string of the molecule is C[C@H](OC(=O)CCCCCN1C(=O)[C@@H]2[C@@H](C1=O)C1(Cl)c3ccccc3C2(Cl)c2ccccc21)C(=O)c1ccc(Cl)cc1. The summed E-state index contributed by atoms with van der Waals surface area (Å²) in [4.78, 5) is 51.5. The lowest BCUT2D eigenvalue weighted by Crippen LogP contribution is -2.57. The number of halogens is 3. The number of Topliss-reactive ketones (excluding diaryl/α,β-unsaturated/α-hetero) is 1. The van der Waals surface area contributed by atoms with E-state index in [0.717, 1.165) is 22.3 Å². The number of likely N-dealkylation sites (tertiary alicyclic amines) is 1. The van der Waals surface area contributed by atoms with E-state index in [0.29, 0.717) is 29.8 Å². The third-order valence-electron chi connectivity index (χ3n) is 8.75. The Morgan fingerprint density at radius 2 is 1.26 bits per heavy atom. The topological polar surface area (TPSA) is 80.8 Å². The quantitative estimate of drug-likeness (QED) is 0.0880. The zero-order chi connectivity index (χ0) is 29.8. The number of unbranched alkanes of at least 4 members (excludes halogenated alkanes) is 2. The van der Waals surface area contributed by atoms with Gasteiger partial charge in [0.1, 0.15) is 9.75 Å². The molecule has 1 fully saturated rings. The lowest BCUT2D eigenvalue weighted by molar-refractivity contribution is -0.146. The molecule has 0 aromatic heterocycles. The van der Waals surface area contributed by atoms with Crippen molar-refractivity contribution < 1.29 is 23.9 Å². The molecule has 6 nitrogen and oxygen atoms in total. The second kappa shape index (κ2) is 10.8. The lowest BCUT2D eigenvalue weighted by atomic mass is 9.54. The molecule has 2 amide bonds. The molecule has 2 bridgehead atoms. The van der Waals surface area contributed by atoms with Gasteiger partial charge in [-0.2, -0.15) is 0 Å². The molecule has 1 heterocycles. The third kappa shape index (κ3) is 4.30. The Bertz CT molecular complexity index is 1480. The number of alkyl halides is 2. The van der Waals surface area contributed by atoms with E-state index in [-0.39, 0.29) is 30.6 Å². The summed E-state index contributed by atoms with van der Waals surface area (Å²) in [5, 5.41) is 0.513. The van der Waals surface area contributed by atoms with E-state index in [4.69, 9.17) is 39.5 Å². The fourth-order valence-corrected chi connectivity index (χ4v) is 8.04. The molecular formula is C33H28Cl3NO5. The zero-order valence-electron chi connectivity index (χ0n) is 22.8. The molecule has 1 aliphatic heterocycles. The maximum atomic E-state index is 13.8. The second-order valence-electron chi connectivity index (χ2n) is 11.1. The number of rotatable bonds is 9. The number of carbonyl (C=O) groups is 4. The average molecular weight is 625 g/mol. The zero-order valence-corrected chi connectivity index (χ0v) is 25.1. The van der Waals surface area contributed by atoms with Crippen LogP contribution in [-0.2, 0) is 28.9 Å². The van der Waals surface area contributed by atoms with Crippen molar-refractivity contribution in [3.8, 4) is 0 Å². The van der Waals surface area contributed by atoms with Gasteiger partial charge in [-0.15, -0.1) is 23.2 Å². The minimum Gasteiger partial charge on any atom is -0.454 e. The molecule has 7 rings (SSSR count). The van der Waals surface area contributed by atoms with Crippen LogP contribution >= 0.6 is 34.8 Å². The van der Waals surface area contributed by atoms with Gasteiger partial charge in [0.25, 0.3) is 0 Å². The van der Waals surface area contributed by atoms with Crippen LogP contribution in [-0.4, -0.2) is 41.1 Å². The van der Waals surface area contributed by atoms with Crippen LogP contribution in [0.2, 0.25) is 5.02 Å². The molecule has 0 saturated carbocycles. The summed E-state index contributed by atoms with van der Waals surface area (Å²) in [6.07, 6.45) is 0.773. The highest BCUT2D eigenvalue weighted by molar-refractivity contribution is 6.36. The van der Waals surface area contributed by atoms with E-state index in [1.165, 1.54) is 11.8 Å². The fourth-order valence-electron chi connectivity index (χ4n) is 6.82. The summed E-state index contributed by atoms with van der Waals surface area (Å²) in [7, 11) is 0. The van der Waals surface area contributed by atoms with Crippen LogP contribution in [0, 0.1) is 11.8 Å². The monoisotopic (exact) mass is 623 g/mol. The average Bonchev–Trinajstić information content (AvgIpc) is 3.25. The molecular weight excluding hydrogens is 597 g/mol. The smallest absolute Gasteiger partial charge is 0.306 e. The van der Waals surface area contributed by atoms with Gasteiger partial charge in [-0.05, 0) is 66.3 Å². The number of hydrogen-bond donors (Lipinski definition) is 0. The number of esters is 1. The Labute approximate surface area is 258 Å². The molecule has 4 aliphatic rings. The maximum Gasteiger partial charge on any atom is 0.306 e. The Kier molecular flexibility index (Phi) is 7.45. The first-order valence-corrected chi connectivity index (χ1v) is 15.2. The number of benzene rings is 3. The van der Waals surface area contributed by atoms with Crippen LogP contribution in [0.4, 0.5) is 0 Å². The van der Waals surface area contributed by atoms with Gasteiger partial charge in [-0.3, -0.25) is 24.1 Å². The molecule has 3 atom stereocenters. The predicted molar refractivity (Wildman–Crippen MR) is 160 cm³/mol. The van der Waals surface area contributed by atoms with Gasteiger partial charge in [0.05, 0.1) is 11.8 Å². The van der Waals surface area contributed by atoms with Crippen molar-refractivity contribution in [1.29, 1.82) is 0 Å². The van der Waals surface area contributed by atoms with Crippen molar-refractivity contribution in [2.75, 3.05) is 6.54 Å². The Hall–Kier alpha value is -3.19. The lowest BCUT2D eigenvalue weighted by Gasteiger charge is -2.54. The Balaban J connectivity index is 1.09. The molecule has 0 spiro atoms. The van der Waals surface area contributed by atoms with E-state index >= 15 is 0 Å². The van der Waals surface area contributed by atoms with Crippen molar-refractivity contribution in [1.82, 2.24) is 4.90 Å². The van der Waals surface area contributed by atoms with Crippen LogP contribution in [0.1, 0.15) is 65.2 Å². The first kappa shape index (κ1) is 28.9. The minimum absolute atomic E-state index is 0.117. The summed E-state index contributed by atoms with van der Waals surface area (Å²) < 4.78 is 5.32. The maximum absolute atomic E-state index is 13.8. The standard InChI is InChI=1S/C33H28Cl3NO5/c1-19(29(39)20-14-16-21(34)17-15-20)42-26(38)13-3-2-8-18-37-30(40)27-28(31(37)41)33(36)23-10-5-4-9-22(23)32(27,35)24-11-6-7-12-25(24)33/h4-7,9-12,14-17,19,27-28H,2-3,8,13,18H2,1H3/t19-,27-,28-,32?,33?/m0/s1. The fraction of sp³-hybridized carbons (Fsp3) is 0.333. The molecule has 0 radical (unpaired) electrons. The Morgan fingerprint density at radius 3 is 1.74 bits per heavy atom. The number of amides is 2. The number of ether oxygens (including phenoxy) is 1.